The molecule has 6 fully saturated rings. The molecule has 0 radical (unpaired) electrons. The Bertz CT molecular complexity index is 1170. The van der Waals surface area contributed by atoms with E-state index in [9.17, 15) is 30.3 Å². The Kier molecular flexibility index (Phi) is 8.71. The normalized spacial score (nSPS) is 55.6. The number of ether oxygens (including phenoxy) is 5. The van der Waals surface area contributed by atoms with E-state index < -0.39 is 66.3 Å². The van der Waals surface area contributed by atoms with E-state index >= 15 is 0 Å². The third kappa shape index (κ3) is 5.31. The highest BCUT2D eigenvalue weighted by Gasteiger charge is 2.70. The number of aliphatic hydroxyl groups excluding tert-OH is 4. The number of rotatable bonds is 5. The lowest BCUT2D eigenvalue weighted by molar-refractivity contribution is -0.318. The fraction of sp³-hybridized carbons (Fsp3) is 0.914. The molecule has 11 nitrogen and oxygen atoms in total. The molecule has 0 bridgehead atoms. The van der Waals surface area contributed by atoms with E-state index in [2.05, 4.69) is 13.8 Å². The van der Waals surface area contributed by atoms with Crippen LogP contribution in [0.3, 0.4) is 0 Å². The average molecular weight is 651 g/mol. The lowest BCUT2D eigenvalue weighted by Gasteiger charge is -2.63. The molecule has 0 aromatic carbocycles. The zero-order chi connectivity index (χ0) is 32.8. The Morgan fingerprint density at radius 1 is 0.826 bits per heavy atom. The van der Waals surface area contributed by atoms with Gasteiger partial charge in [0.15, 0.2) is 12.6 Å². The first kappa shape index (κ1) is 33.4. The van der Waals surface area contributed by atoms with Gasteiger partial charge in [0, 0.05) is 36.7 Å². The summed E-state index contributed by atoms with van der Waals surface area (Å²) in [5.74, 6) is 0.264. The zero-order valence-electron chi connectivity index (χ0n) is 27.6. The lowest BCUT2D eigenvalue weighted by Crippen LogP contribution is -2.62. The second-order valence-electron chi connectivity index (χ2n) is 16.2. The maximum Gasteiger partial charge on any atom is 0.331 e. The standard InChI is InChI=1S/C35H54O11/c1-17-31(40)24(36)13-29(43-17)46-32-18(2)44-28(14-25(32)37)45-21-7-9-33(3)20(12-21)5-6-23-22(33)8-10-34(4)30(19-11-27(39)42-16-19)26(38)15-35(23,34)41/h11,17-18,20-26,28-32,36-38,40-41H,5-10,12-16H2,1-4H3/t17-,18-,20-,21+,22+,23-,24+,25+,26+,28+,29+,30+,31-,32-,33+,34-,35+/m1/s1. The van der Waals surface area contributed by atoms with Crippen molar-refractivity contribution in [2.24, 2.45) is 34.5 Å². The molecule has 5 N–H and O–H groups in total. The van der Waals surface area contributed by atoms with E-state index in [0.29, 0.717) is 18.3 Å². The Hall–Kier alpha value is -1.15. The average Bonchev–Trinajstić information content (AvgIpc) is 3.49. The largest absolute Gasteiger partial charge is 0.458 e. The molecule has 17 atom stereocenters. The molecule has 260 valence electrons. The van der Waals surface area contributed by atoms with E-state index in [1.165, 1.54) is 6.08 Å². The molecule has 7 rings (SSSR count). The summed E-state index contributed by atoms with van der Waals surface area (Å²) in [6.45, 7) is 8.27. The van der Waals surface area contributed by atoms with Crippen LogP contribution in [0, 0.1) is 34.5 Å². The SMILES string of the molecule is C[C@H]1O[C@@H](O[C@H]2[C@@H](O)C[C@H](O[C@H]3CC[C@@]4(C)[C@H](CC[C@@H]5[C@@H]4CC[C@]4(C)[C@@H](C6=CC(=O)OC6)[C@@H](O)C[C@]54O)C3)O[C@@H]2C)C[C@H](O)[C@@H]1O. The van der Waals surface area contributed by atoms with Crippen LogP contribution in [0.25, 0.3) is 0 Å². The van der Waals surface area contributed by atoms with Crippen LogP contribution < -0.4 is 0 Å². The monoisotopic (exact) mass is 650 g/mol. The van der Waals surface area contributed by atoms with Gasteiger partial charge in [0.05, 0.1) is 42.2 Å². The molecule has 2 saturated heterocycles. The van der Waals surface area contributed by atoms with Crippen molar-refractivity contribution in [2.45, 2.75) is 159 Å². The number of fused-ring (bicyclic) bond motifs is 5. The number of aliphatic hydroxyl groups is 5. The minimum absolute atomic E-state index is 0.0112. The molecule has 3 heterocycles. The van der Waals surface area contributed by atoms with Crippen LogP contribution >= 0.6 is 0 Å². The van der Waals surface area contributed by atoms with Crippen molar-refractivity contribution in [2.75, 3.05) is 6.61 Å². The van der Waals surface area contributed by atoms with Gasteiger partial charge in [-0.2, -0.15) is 0 Å². The first-order valence-corrected chi connectivity index (χ1v) is 17.7. The maximum atomic E-state index is 12.5. The number of esters is 1. The topological polar surface area (TPSA) is 164 Å². The first-order valence-electron chi connectivity index (χ1n) is 17.7. The van der Waals surface area contributed by atoms with Crippen LogP contribution in [0.2, 0.25) is 0 Å². The van der Waals surface area contributed by atoms with Gasteiger partial charge in [-0.25, -0.2) is 4.79 Å². The molecule has 0 amide bonds. The summed E-state index contributed by atoms with van der Waals surface area (Å²) in [4.78, 5) is 11.9. The van der Waals surface area contributed by atoms with Gasteiger partial charge in [-0.15, -0.1) is 0 Å². The Morgan fingerprint density at radius 3 is 2.24 bits per heavy atom. The Morgan fingerprint density at radius 2 is 1.54 bits per heavy atom. The molecule has 0 unspecified atom stereocenters. The highest BCUT2D eigenvalue weighted by molar-refractivity contribution is 5.85. The summed E-state index contributed by atoms with van der Waals surface area (Å²) < 4.78 is 29.7. The van der Waals surface area contributed by atoms with Crippen molar-refractivity contribution < 1.29 is 54.0 Å². The summed E-state index contributed by atoms with van der Waals surface area (Å²) in [5.41, 5.74) is -0.614. The second kappa shape index (κ2) is 12.0. The predicted molar refractivity (Wildman–Crippen MR) is 163 cm³/mol. The number of hydrogen-bond donors (Lipinski definition) is 5. The summed E-state index contributed by atoms with van der Waals surface area (Å²) in [7, 11) is 0. The molecule has 4 saturated carbocycles. The van der Waals surface area contributed by atoms with Crippen LogP contribution in [-0.2, 0) is 28.5 Å². The van der Waals surface area contributed by atoms with Crippen LogP contribution in [-0.4, -0.2) is 105 Å². The first-order chi connectivity index (χ1) is 21.7. The maximum absolute atomic E-state index is 12.5. The van der Waals surface area contributed by atoms with Crippen molar-refractivity contribution >= 4 is 5.97 Å². The highest BCUT2D eigenvalue weighted by atomic mass is 16.7. The van der Waals surface area contributed by atoms with Crippen molar-refractivity contribution in [3.05, 3.63) is 11.6 Å². The van der Waals surface area contributed by atoms with E-state index in [1.54, 1.807) is 6.92 Å². The van der Waals surface area contributed by atoms with Gasteiger partial charge in [-0.1, -0.05) is 13.8 Å². The van der Waals surface area contributed by atoms with E-state index in [4.69, 9.17) is 23.7 Å². The van der Waals surface area contributed by atoms with Crippen molar-refractivity contribution in [1.82, 2.24) is 0 Å². The molecule has 0 aromatic heterocycles. The van der Waals surface area contributed by atoms with Gasteiger partial charge in [0.2, 0.25) is 0 Å². The van der Waals surface area contributed by atoms with Crippen LogP contribution in [0.15, 0.2) is 11.6 Å². The van der Waals surface area contributed by atoms with Gasteiger partial charge in [-0.05, 0) is 87.5 Å². The smallest absolute Gasteiger partial charge is 0.331 e. The van der Waals surface area contributed by atoms with Crippen molar-refractivity contribution in [3.63, 3.8) is 0 Å². The molecule has 11 heteroatoms. The molecule has 46 heavy (non-hydrogen) atoms. The Balaban J connectivity index is 0.970. The predicted octanol–water partition coefficient (Wildman–Crippen LogP) is 2.34. The van der Waals surface area contributed by atoms with E-state index in [1.807, 2.05) is 6.92 Å². The second-order valence-corrected chi connectivity index (χ2v) is 16.2. The fourth-order valence-electron chi connectivity index (χ4n) is 11.4. The molecule has 0 aromatic rings. The number of hydrogen-bond acceptors (Lipinski definition) is 11. The van der Waals surface area contributed by atoms with Gasteiger partial charge < -0.3 is 49.2 Å². The fourth-order valence-corrected chi connectivity index (χ4v) is 11.4. The van der Waals surface area contributed by atoms with Gasteiger partial charge in [0.1, 0.15) is 18.8 Å². The minimum Gasteiger partial charge on any atom is -0.458 e. The third-order valence-electron chi connectivity index (χ3n) is 13.9. The third-order valence-corrected chi connectivity index (χ3v) is 13.9. The molecule has 4 aliphatic carbocycles. The Labute approximate surface area is 271 Å². The van der Waals surface area contributed by atoms with E-state index in [0.717, 1.165) is 50.5 Å². The quantitative estimate of drug-likeness (QED) is 0.219. The molecular weight excluding hydrogens is 596 g/mol. The minimum atomic E-state index is -0.993. The number of carbonyl (C=O) groups excluding carboxylic acids is 1. The summed E-state index contributed by atoms with van der Waals surface area (Å²) in [6, 6.07) is 0. The van der Waals surface area contributed by atoms with Gasteiger partial charge in [0.25, 0.3) is 0 Å². The zero-order valence-corrected chi connectivity index (χ0v) is 27.6. The molecule has 0 spiro atoms. The summed E-state index contributed by atoms with van der Waals surface area (Å²) in [5, 5.41) is 54.9. The number of cyclic esters (lactones) is 1. The van der Waals surface area contributed by atoms with Gasteiger partial charge >= 0.3 is 5.97 Å². The van der Waals surface area contributed by atoms with Crippen molar-refractivity contribution in [1.29, 1.82) is 0 Å². The lowest BCUT2D eigenvalue weighted by atomic mass is 9.43. The molecule has 7 aliphatic rings. The highest BCUT2D eigenvalue weighted by Crippen LogP contribution is 2.70. The van der Waals surface area contributed by atoms with Crippen LogP contribution in [0.4, 0.5) is 0 Å². The molecular formula is C35H54O11. The van der Waals surface area contributed by atoms with Crippen LogP contribution in [0.5, 0.6) is 0 Å². The summed E-state index contributed by atoms with van der Waals surface area (Å²) in [6.07, 6.45) is 2.33. The number of carbonyl (C=O) groups is 1. The van der Waals surface area contributed by atoms with Crippen molar-refractivity contribution in [3.8, 4) is 0 Å². The molecule has 3 aliphatic heterocycles. The summed E-state index contributed by atoms with van der Waals surface area (Å²) >= 11 is 0. The van der Waals surface area contributed by atoms with E-state index in [-0.39, 0.29) is 48.8 Å². The van der Waals surface area contributed by atoms with Crippen LogP contribution in [0.1, 0.15) is 91.9 Å². The van der Waals surface area contributed by atoms with Gasteiger partial charge in [-0.3, -0.25) is 0 Å².